The number of aldehydes is 1. The van der Waals surface area contributed by atoms with Crippen molar-refractivity contribution in [2.45, 2.75) is 0 Å². The molecule has 0 saturated heterocycles. The number of carbonyl (C=O) groups is 2. The van der Waals surface area contributed by atoms with Crippen molar-refractivity contribution in [2.24, 2.45) is 0 Å². The Kier molecular flexibility index (Phi) is 2.35. The summed E-state index contributed by atoms with van der Waals surface area (Å²) in [5, 5.41) is 8.78. The number of carbonyl (C=O) groups excluding carboxylic acids is 2. The van der Waals surface area contributed by atoms with Crippen LogP contribution >= 0.6 is 0 Å². The molecule has 0 aliphatic heterocycles. The lowest BCUT2D eigenvalue weighted by molar-refractivity contribution is 0.0898. The van der Waals surface area contributed by atoms with Crippen LogP contribution in [-0.2, 0) is 0 Å². The number of fused-ring (bicyclic) bond motifs is 1. The SMILES string of the molecule is O=Cc1cc(C(=O)CO)n2ccccc12. The first-order chi connectivity index (χ1) is 7.27. The summed E-state index contributed by atoms with van der Waals surface area (Å²) in [4.78, 5) is 22.1. The van der Waals surface area contributed by atoms with Crippen molar-refractivity contribution in [2.75, 3.05) is 6.61 Å². The second-order valence-corrected chi connectivity index (χ2v) is 3.14. The van der Waals surface area contributed by atoms with Crippen LogP contribution in [0.3, 0.4) is 0 Å². The molecule has 0 aliphatic carbocycles. The summed E-state index contributed by atoms with van der Waals surface area (Å²) in [6, 6.07) is 6.78. The fourth-order valence-corrected chi connectivity index (χ4v) is 1.57. The van der Waals surface area contributed by atoms with Gasteiger partial charge in [0.15, 0.2) is 6.29 Å². The van der Waals surface area contributed by atoms with Crippen molar-refractivity contribution in [1.29, 1.82) is 0 Å². The predicted molar refractivity (Wildman–Crippen MR) is 54.2 cm³/mol. The molecule has 2 aromatic rings. The normalized spacial score (nSPS) is 10.5. The predicted octanol–water partition coefficient (Wildman–Crippen LogP) is 0.927. The lowest BCUT2D eigenvalue weighted by atomic mass is 10.2. The van der Waals surface area contributed by atoms with E-state index in [1.165, 1.54) is 6.07 Å². The van der Waals surface area contributed by atoms with E-state index < -0.39 is 12.4 Å². The highest BCUT2D eigenvalue weighted by molar-refractivity contribution is 6.00. The third-order valence-electron chi connectivity index (χ3n) is 2.26. The molecule has 0 bridgehead atoms. The number of nitrogens with zero attached hydrogens (tertiary/aromatic N) is 1. The van der Waals surface area contributed by atoms with E-state index in [1.807, 2.05) is 0 Å². The van der Waals surface area contributed by atoms with E-state index in [0.29, 0.717) is 23.1 Å². The Morgan fingerprint density at radius 2 is 2.27 bits per heavy atom. The van der Waals surface area contributed by atoms with Gasteiger partial charge in [-0.3, -0.25) is 9.59 Å². The second kappa shape index (κ2) is 3.67. The molecule has 1 N–H and O–H groups in total. The molecule has 0 saturated carbocycles. The average Bonchev–Trinajstić information content (AvgIpc) is 2.67. The van der Waals surface area contributed by atoms with Crippen molar-refractivity contribution in [3.05, 3.63) is 41.7 Å². The first-order valence-corrected chi connectivity index (χ1v) is 4.47. The number of hydrogen-bond acceptors (Lipinski definition) is 3. The molecular formula is C11H9NO3. The van der Waals surface area contributed by atoms with Gasteiger partial charge in [-0.15, -0.1) is 0 Å². The molecular weight excluding hydrogens is 194 g/mol. The third kappa shape index (κ3) is 1.45. The number of aliphatic hydroxyl groups excluding tert-OH is 1. The van der Waals surface area contributed by atoms with Crippen LogP contribution in [0.4, 0.5) is 0 Å². The summed E-state index contributed by atoms with van der Waals surface area (Å²) in [5.74, 6) is -0.399. The monoisotopic (exact) mass is 203 g/mol. The van der Waals surface area contributed by atoms with Gasteiger partial charge in [-0.1, -0.05) is 6.07 Å². The first-order valence-electron chi connectivity index (χ1n) is 4.47. The largest absolute Gasteiger partial charge is 0.388 e. The summed E-state index contributed by atoms with van der Waals surface area (Å²) in [6.45, 7) is -0.556. The van der Waals surface area contributed by atoms with Gasteiger partial charge < -0.3 is 9.51 Å². The van der Waals surface area contributed by atoms with Gasteiger partial charge >= 0.3 is 0 Å². The molecule has 0 aliphatic rings. The number of Topliss-reactive ketones (excluding diaryl/α,β-unsaturated/α-hetero) is 1. The minimum absolute atomic E-state index is 0.329. The number of ketones is 1. The second-order valence-electron chi connectivity index (χ2n) is 3.14. The van der Waals surface area contributed by atoms with E-state index in [0.717, 1.165) is 0 Å². The Balaban J connectivity index is 2.75. The molecule has 0 aromatic carbocycles. The highest BCUT2D eigenvalue weighted by atomic mass is 16.3. The molecule has 0 atom stereocenters. The zero-order valence-corrected chi connectivity index (χ0v) is 7.88. The van der Waals surface area contributed by atoms with Crippen molar-refractivity contribution < 1.29 is 14.7 Å². The molecule has 2 rings (SSSR count). The minimum Gasteiger partial charge on any atom is -0.388 e. The standard InChI is InChI=1S/C11H9NO3/c13-6-8-5-10(11(15)7-14)12-4-2-1-3-9(8)12/h1-6,14H,7H2. The molecule has 0 radical (unpaired) electrons. The Hall–Kier alpha value is -1.94. The fraction of sp³-hybridized carbons (Fsp3) is 0.0909. The van der Waals surface area contributed by atoms with Gasteiger partial charge in [0.2, 0.25) is 5.78 Å². The van der Waals surface area contributed by atoms with Gasteiger partial charge in [0.05, 0.1) is 11.2 Å². The Labute approximate surface area is 85.8 Å². The molecule has 0 spiro atoms. The number of aromatic nitrogens is 1. The van der Waals surface area contributed by atoms with Crippen LogP contribution in [0, 0.1) is 0 Å². The molecule has 0 unspecified atom stereocenters. The molecule has 0 fully saturated rings. The van der Waals surface area contributed by atoms with E-state index in [9.17, 15) is 9.59 Å². The first kappa shape index (κ1) is 9.61. The summed E-state index contributed by atoms with van der Waals surface area (Å²) in [6.07, 6.45) is 2.38. The minimum atomic E-state index is -0.556. The van der Waals surface area contributed by atoms with E-state index in [4.69, 9.17) is 5.11 Å². The molecule has 2 heterocycles. The van der Waals surface area contributed by atoms with Gasteiger partial charge in [-0.25, -0.2) is 0 Å². The Bertz CT molecular complexity index is 528. The van der Waals surface area contributed by atoms with E-state index >= 15 is 0 Å². The quantitative estimate of drug-likeness (QED) is 0.596. The number of pyridine rings is 1. The Morgan fingerprint density at radius 1 is 1.47 bits per heavy atom. The van der Waals surface area contributed by atoms with Crippen LogP contribution in [0.1, 0.15) is 20.8 Å². The van der Waals surface area contributed by atoms with Crippen molar-refractivity contribution in [3.8, 4) is 0 Å². The van der Waals surface area contributed by atoms with Crippen LogP contribution in [0.15, 0.2) is 30.5 Å². The van der Waals surface area contributed by atoms with Gasteiger partial charge in [0.25, 0.3) is 0 Å². The highest BCUT2D eigenvalue weighted by Crippen LogP contribution is 2.15. The van der Waals surface area contributed by atoms with Crippen LogP contribution in [0.5, 0.6) is 0 Å². The van der Waals surface area contributed by atoms with Crippen molar-refractivity contribution in [1.82, 2.24) is 4.40 Å². The molecule has 15 heavy (non-hydrogen) atoms. The van der Waals surface area contributed by atoms with Crippen LogP contribution in [0.2, 0.25) is 0 Å². The molecule has 0 amide bonds. The van der Waals surface area contributed by atoms with Gasteiger partial charge in [-0.2, -0.15) is 0 Å². The molecule has 2 aromatic heterocycles. The van der Waals surface area contributed by atoms with Gasteiger partial charge in [-0.05, 0) is 18.2 Å². The maximum Gasteiger partial charge on any atom is 0.204 e. The third-order valence-corrected chi connectivity index (χ3v) is 2.26. The van der Waals surface area contributed by atoms with Crippen molar-refractivity contribution in [3.63, 3.8) is 0 Å². The summed E-state index contributed by atoms with van der Waals surface area (Å²) in [7, 11) is 0. The molecule has 4 nitrogen and oxygen atoms in total. The van der Waals surface area contributed by atoms with Gasteiger partial charge in [0.1, 0.15) is 6.61 Å². The number of rotatable bonds is 3. The van der Waals surface area contributed by atoms with E-state index in [2.05, 4.69) is 0 Å². The fourth-order valence-electron chi connectivity index (χ4n) is 1.57. The zero-order chi connectivity index (χ0) is 10.8. The van der Waals surface area contributed by atoms with Crippen LogP contribution < -0.4 is 0 Å². The van der Waals surface area contributed by atoms with Crippen LogP contribution in [0.25, 0.3) is 5.52 Å². The number of hydrogen-bond donors (Lipinski definition) is 1. The zero-order valence-electron chi connectivity index (χ0n) is 7.88. The summed E-state index contributed by atoms with van der Waals surface area (Å²) < 4.78 is 1.60. The lowest BCUT2D eigenvalue weighted by Crippen LogP contribution is -2.07. The summed E-state index contributed by atoms with van der Waals surface area (Å²) >= 11 is 0. The Morgan fingerprint density at radius 3 is 2.93 bits per heavy atom. The van der Waals surface area contributed by atoms with Crippen molar-refractivity contribution >= 4 is 17.6 Å². The average molecular weight is 203 g/mol. The topological polar surface area (TPSA) is 58.8 Å². The van der Waals surface area contributed by atoms with E-state index in [-0.39, 0.29) is 0 Å². The highest BCUT2D eigenvalue weighted by Gasteiger charge is 2.13. The smallest absolute Gasteiger partial charge is 0.204 e. The molecule has 76 valence electrons. The van der Waals surface area contributed by atoms with E-state index in [1.54, 1.807) is 28.8 Å². The lowest BCUT2D eigenvalue weighted by Gasteiger charge is -1.98. The maximum atomic E-state index is 11.4. The van der Waals surface area contributed by atoms with Crippen LogP contribution in [-0.4, -0.2) is 28.2 Å². The van der Waals surface area contributed by atoms with Gasteiger partial charge in [0, 0.05) is 11.8 Å². The maximum absolute atomic E-state index is 11.4. The summed E-state index contributed by atoms with van der Waals surface area (Å²) in [5.41, 5.74) is 1.45. The number of aliphatic hydroxyl groups is 1. The molecule has 4 heteroatoms.